The van der Waals surface area contributed by atoms with Crippen molar-refractivity contribution >= 4 is 38.7 Å². The Morgan fingerprint density at radius 3 is 2.95 bits per heavy atom. The zero-order valence-corrected chi connectivity index (χ0v) is 12.3. The normalized spacial score (nSPS) is 11.1. The van der Waals surface area contributed by atoms with Crippen molar-refractivity contribution in [3.63, 3.8) is 0 Å². The Morgan fingerprint density at radius 1 is 1.20 bits per heavy atom. The first-order valence-electron chi connectivity index (χ1n) is 6.17. The molecule has 0 amide bonds. The SMILES string of the molecule is NNc1nc(COCCc2cccs2)nc2sccc12. The average molecular weight is 306 g/mol. The Balaban J connectivity index is 1.62. The van der Waals surface area contributed by atoms with Gasteiger partial charge < -0.3 is 10.2 Å². The molecule has 3 aromatic rings. The van der Waals surface area contributed by atoms with Crippen molar-refractivity contribution in [2.24, 2.45) is 5.84 Å². The van der Waals surface area contributed by atoms with E-state index in [4.69, 9.17) is 10.6 Å². The molecule has 7 heteroatoms. The summed E-state index contributed by atoms with van der Waals surface area (Å²) in [6.07, 6.45) is 0.918. The van der Waals surface area contributed by atoms with Crippen LogP contribution in [-0.2, 0) is 17.8 Å². The summed E-state index contributed by atoms with van der Waals surface area (Å²) in [6, 6.07) is 6.11. The maximum absolute atomic E-state index is 5.64. The second-order valence-electron chi connectivity index (χ2n) is 4.15. The van der Waals surface area contributed by atoms with Gasteiger partial charge in [0.15, 0.2) is 11.6 Å². The van der Waals surface area contributed by atoms with Gasteiger partial charge in [0.1, 0.15) is 11.4 Å². The van der Waals surface area contributed by atoms with Crippen LogP contribution >= 0.6 is 22.7 Å². The van der Waals surface area contributed by atoms with Gasteiger partial charge in [-0.3, -0.25) is 0 Å². The van der Waals surface area contributed by atoms with Gasteiger partial charge in [-0.15, -0.1) is 22.7 Å². The molecule has 0 saturated heterocycles. The Bertz CT molecular complexity index is 681. The number of rotatable bonds is 6. The first-order valence-corrected chi connectivity index (χ1v) is 7.93. The van der Waals surface area contributed by atoms with E-state index in [0.717, 1.165) is 16.6 Å². The van der Waals surface area contributed by atoms with Crippen LogP contribution in [0.1, 0.15) is 10.7 Å². The molecule has 0 aromatic carbocycles. The van der Waals surface area contributed by atoms with E-state index in [2.05, 4.69) is 26.8 Å². The highest BCUT2D eigenvalue weighted by Gasteiger charge is 2.08. The predicted octanol–water partition coefficient (Wildman–Crippen LogP) is 2.80. The number of anilines is 1. The third-order valence-electron chi connectivity index (χ3n) is 2.81. The number of thiophene rings is 2. The minimum atomic E-state index is 0.397. The first-order chi connectivity index (χ1) is 9.86. The quantitative estimate of drug-likeness (QED) is 0.416. The van der Waals surface area contributed by atoms with Gasteiger partial charge in [-0.05, 0) is 22.9 Å². The van der Waals surface area contributed by atoms with E-state index in [1.54, 1.807) is 22.7 Å². The molecule has 5 nitrogen and oxygen atoms in total. The van der Waals surface area contributed by atoms with E-state index in [1.165, 1.54) is 4.88 Å². The summed E-state index contributed by atoms with van der Waals surface area (Å²) >= 11 is 3.31. The van der Waals surface area contributed by atoms with Crippen LogP contribution in [0.3, 0.4) is 0 Å². The van der Waals surface area contributed by atoms with Crippen LogP contribution in [0.4, 0.5) is 5.82 Å². The Hall–Kier alpha value is -1.54. The lowest BCUT2D eigenvalue weighted by molar-refractivity contribution is 0.119. The molecule has 20 heavy (non-hydrogen) atoms. The standard InChI is InChI=1S/C13H14N4OS2/c14-17-12-10-4-7-20-13(10)16-11(15-12)8-18-5-3-9-2-1-6-19-9/h1-2,4,6-7H,3,5,8,14H2,(H,15,16,17). The Morgan fingerprint density at radius 2 is 2.15 bits per heavy atom. The molecule has 3 heterocycles. The van der Waals surface area contributed by atoms with Crippen LogP contribution in [0.2, 0.25) is 0 Å². The minimum Gasteiger partial charge on any atom is -0.373 e. The molecule has 0 bridgehead atoms. The molecule has 0 aliphatic rings. The zero-order valence-electron chi connectivity index (χ0n) is 10.7. The van der Waals surface area contributed by atoms with Gasteiger partial charge in [0.05, 0.1) is 12.0 Å². The Labute approximate surface area is 124 Å². The molecule has 0 spiro atoms. The maximum atomic E-state index is 5.64. The lowest BCUT2D eigenvalue weighted by Crippen LogP contribution is -2.11. The number of ether oxygens (including phenoxy) is 1. The van der Waals surface area contributed by atoms with Gasteiger partial charge in [0.25, 0.3) is 0 Å². The van der Waals surface area contributed by atoms with Crippen molar-refractivity contribution in [3.8, 4) is 0 Å². The fraction of sp³-hybridized carbons (Fsp3) is 0.231. The summed E-state index contributed by atoms with van der Waals surface area (Å²) in [6.45, 7) is 1.06. The zero-order chi connectivity index (χ0) is 13.8. The van der Waals surface area contributed by atoms with E-state index in [0.29, 0.717) is 24.9 Å². The molecular formula is C13H14N4OS2. The molecule has 0 saturated carbocycles. The molecular weight excluding hydrogens is 292 g/mol. The number of hydrazine groups is 1. The molecule has 0 aliphatic carbocycles. The van der Waals surface area contributed by atoms with Crippen molar-refractivity contribution < 1.29 is 4.74 Å². The third kappa shape index (κ3) is 2.96. The van der Waals surface area contributed by atoms with Crippen LogP contribution in [0.5, 0.6) is 0 Å². The number of fused-ring (bicyclic) bond motifs is 1. The summed E-state index contributed by atoms with van der Waals surface area (Å²) in [5.41, 5.74) is 2.61. The van der Waals surface area contributed by atoms with E-state index < -0.39 is 0 Å². The fourth-order valence-corrected chi connectivity index (χ4v) is 3.34. The highest BCUT2D eigenvalue weighted by atomic mass is 32.1. The topological polar surface area (TPSA) is 73.1 Å². The highest BCUT2D eigenvalue weighted by molar-refractivity contribution is 7.16. The van der Waals surface area contributed by atoms with E-state index in [-0.39, 0.29) is 0 Å². The molecule has 3 rings (SSSR count). The summed E-state index contributed by atoms with van der Waals surface area (Å²) in [5.74, 6) is 6.79. The van der Waals surface area contributed by atoms with Gasteiger partial charge >= 0.3 is 0 Å². The van der Waals surface area contributed by atoms with Gasteiger partial charge in [0.2, 0.25) is 0 Å². The first kappa shape index (κ1) is 13.4. The smallest absolute Gasteiger partial charge is 0.158 e. The second-order valence-corrected chi connectivity index (χ2v) is 6.08. The maximum Gasteiger partial charge on any atom is 0.158 e. The fourth-order valence-electron chi connectivity index (χ4n) is 1.87. The molecule has 3 N–H and O–H groups in total. The van der Waals surface area contributed by atoms with Crippen molar-refractivity contribution in [1.82, 2.24) is 9.97 Å². The number of nitrogen functional groups attached to an aromatic ring is 1. The van der Waals surface area contributed by atoms with Crippen molar-refractivity contribution in [1.29, 1.82) is 0 Å². The third-order valence-corrected chi connectivity index (χ3v) is 4.55. The molecule has 0 aliphatic heterocycles. The molecule has 0 unspecified atom stereocenters. The number of nitrogens with one attached hydrogen (secondary N) is 1. The molecule has 3 aromatic heterocycles. The van der Waals surface area contributed by atoms with Gasteiger partial charge in [0, 0.05) is 11.3 Å². The Kier molecular flexibility index (Phi) is 4.22. The number of nitrogens with two attached hydrogens (primary N) is 1. The molecule has 104 valence electrons. The molecule has 0 fully saturated rings. The molecule has 0 atom stereocenters. The van der Waals surface area contributed by atoms with Gasteiger partial charge in [-0.1, -0.05) is 6.07 Å². The summed E-state index contributed by atoms with van der Waals surface area (Å²) < 4.78 is 5.64. The summed E-state index contributed by atoms with van der Waals surface area (Å²) in [4.78, 5) is 11.1. The van der Waals surface area contributed by atoms with Crippen LogP contribution in [0.25, 0.3) is 10.2 Å². The number of hydrogen-bond acceptors (Lipinski definition) is 7. The van der Waals surface area contributed by atoms with E-state index in [1.807, 2.05) is 17.5 Å². The lowest BCUT2D eigenvalue weighted by Gasteiger charge is -2.06. The largest absolute Gasteiger partial charge is 0.373 e. The van der Waals surface area contributed by atoms with Crippen LogP contribution in [0, 0.1) is 0 Å². The van der Waals surface area contributed by atoms with Crippen LogP contribution in [-0.4, -0.2) is 16.6 Å². The van der Waals surface area contributed by atoms with Crippen molar-refractivity contribution in [2.45, 2.75) is 13.0 Å². The molecule has 0 radical (unpaired) electrons. The number of nitrogens with zero attached hydrogens (tertiary/aromatic N) is 2. The summed E-state index contributed by atoms with van der Waals surface area (Å²) in [5, 5.41) is 4.99. The summed E-state index contributed by atoms with van der Waals surface area (Å²) in [7, 11) is 0. The highest BCUT2D eigenvalue weighted by Crippen LogP contribution is 2.24. The number of aromatic nitrogens is 2. The number of hydrogen-bond donors (Lipinski definition) is 2. The van der Waals surface area contributed by atoms with Crippen molar-refractivity contribution in [3.05, 3.63) is 39.7 Å². The van der Waals surface area contributed by atoms with Crippen LogP contribution < -0.4 is 11.3 Å². The van der Waals surface area contributed by atoms with Crippen LogP contribution in [0.15, 0.2) is 29.0 Å². The lowest BCUT2D eigenvalue weighted by atomic mass is 10.3. The minimum absolute atomic E-state index is 0.397. The van der Waals surface area contributed by atoms with E-state index in [9.17, 15) is 0 Å². The predicted molar refractivity (Wildman–Crippen MR) is 82.9 cm³/mol. The van der Waals surface area contributed by atoms with Crippen molar-refractivity contribution in [2.75, 3.05) is 12.0 Å². The average Bonchev–Trinajstić information content (AvgIpc) is 3.13. The second kappa shape index (κ2) is 6.27. The van der Waals surface area contributed by atoms with Gasteiger partial charge in [-0.25, -0.2) is 15.8 Å². The van der Waals surface area contributed by atoms with Gasteiger partial charge in [-0.2, -0.15) is 0 Å². The monoisotopic (exact) mass is 306 g/mol. The van der Waals surface area contributed by atoms with E-state index >= 15 is 0 Å².